The SMILES string of the molecule is COC(=O)COCC[CH2][Zn+].[I-]. The predicted molar refractivity (Wildman–Crippen MR) is 32.3 cm³/mol. The van der Waals surface area contributed by atoms with Crippen molar-refractivity contribution in [1.82, 2.24) is 0 Å². The van der Waals surface area contributed by atoms with Crippen molar-refractivity contribution in [2.45, 2.75) is 11.4 Å². The van der Waals surface area contributed by atoms with Crippen LogP contribution in [0.5, 0.6) is 0 Å². The van der Waals surface area contributed by atoms with Gasteiger partial charge in [0.15, 0.2) is 0 Å². The van der Waals surface area contributed by atoms with E-state index in [1.807, 2.05) is 0 Å². The Morgan fingerprint density at radius 3 is 2.64 bits per heavy atom. The monoisotopic (exact) mass is 322 g/mol. The number of halogens is 1. The molecule has 0 saturated carbocycles. The summed E-state index contributed by atoms with van der Waals surface area (Å²) < 4.78 is 9.35. The van der Waals surface area contributed by atoms with Crippen molar-refractivity contribution < 1.29 is 56.5 Å². The van der Waals surface area contributed by atoms with E-state index in [2.05, 4.69) is 4.74 Å². The molecule has 0 aliphatic rings. The first-order chi connectivity index (χ1) is 4.81. The maximum Gasteiger partial charge on any atom is -1.00 e. The van der Waals surface area contributed by atoms with Crippen molar-refractivity contribution in [2.75, 3.05) is 20.3 Å². The Kier molecular flexibility index (Phi) is 14.0. The quantitative estimate of drug-likeness (QED) is 0.244. The average molecular weight is 323 g/mol. The summed E-state index contributed by atoms with van der Waals surface area (Å²) in [6, 6.07) is 0. The second-order valence-corrected chi connectivity index (χ2v) is 3.32. The summed E-state index contributed by atoms with van der Waals surface area (Å²) in [5.41, 5.74) is 0. The largest absolute Gasteiger partial charge is 1.00 e. The van der Waals surface area contributed by atoms with Crippen molar-refractivity contribution in [1.29, 1.82) is 0 Å². The number of hydrogen-bond donors (Lipinski definition) is 0. The molecule has 0 bridgehead atoms. The van der Waals surface area contributed by atoms with Crippen molar-refractivity contribution >= 4 is 5.97 Å². The van der Waals surface area contributed by atoms with Gasteiger partial charge in [-0.05, 0) is 0 Å². The van der Waals surface area contributed by atoms with Crippen molar-refractivity contribution in [2.24, 2.45) is 0 Å². The standard InChI is InChI=1S/C6H11O3.HI.Zn/c1-3-4-9-5-6(7)8-2;;/h1,3-5H2,2H3;1H;/q;;+1/p-1. The first kappa shape index (κ1) is 14.3. The molecular formula is C6H11IO3Zn. The smallest absolute Gasteiger partial charge is 1.00 e. The molecule has 5 heteroatoms. The molecule has 0 rings (SSSR count). The Hall–Kier alpha value is 0.783. The summed E-state index contributed by atoms with van der Waals surface area (Å²) in [6.07, 6.45) is 1.05. The van der Waals surface area contributed by atoms with Crippen LogP contribution >= 0.6 is 0 Å². The van der Waals surface area contributed by atoms with Gasteiger partial charge in [-0.3, -0.25) is 0 Å². The molecule has 0 aromatic carbocycles. The number of rotatable bonds is 5. The van der Waals surface area contributed by atoms with Crippen LogP contribution in [-0.2, 0) is 32.6 Å². The Labute approximate surface area is 93.9 Å². The molecule has 0 heterocycles. The summed E-state index contributed by atoms with van der Waals surface area (Å²) >= 11 is 1.29. The van der Waals surface area contributed by atoms with Gasteiger partial charge in [0.1, 0.15) is 0 Å². The molecule has 0 atom stereocenters. The number of esters is 1. The van der Waals surface area contributed by atoms with Crippen LogP contribution in [-0.4, -0.2) is 26.3 Å². The molecule has 0 amide bonds. The van der Waals surface area contributed by atoms with Crippen LogP contribution in [0.2, 0.25) is 5.02 Å². The van der Waals surface area contributed by atoms with Crippen LogP contribution in [0.4, 0.5) is 0 Å². The maximum absolute atomic E-state index is 10.4. The summed E-state index contributed by atoms with van der Waals surface area (Å²) in [7, 11) is 1.36. The Bertz CT molecular complexity index is 99.8. The van der Waals surface area contributed by atoms with Gasteiger partial charge in [0.2, 0.25) is 0 Å². The zero-order valence-electron chi connectivity index (χ0n) is 6.64. The minimum atomic E-state index is -0.299. The third kappa shape index (κ3) is 10.8. The minimum Gasteiger partial charge on any atom is -1.00 e. The van der Waals surface area contributed by atoms with Crippen LogP contribution in [0.1, 0.15) is 6.42 Å². The molecule has 0 saturated heterocycles. The molecule has 0 aromatic rings. The molecule has 0 unspecified atom stereocenters. The summed E-state index contributed by atoms with van der Waals surface area (Å²) in [5.74, 6) is -0.299. The third-order valence-electron chi connectivity index (χ3n) is 0.986. The van der Waals surface area contributed by atoms with E-state index >= 15 is 0 Å². The van der Waals surface area contributed by atoms with Gasteiger partial charge in [-0.25, -0.2) is 0 Å². The first-order valence-corrected chi connectivity index (χ1v) is 5.35. The van der Waals surface area contributed by atoms with Crippen LogP contribution < -0.4 is 24.0 Å². The van der Waals surface area contributed by atoms with Gasteiger partial charge in [0.05, 0.1) is 0 Å². The third-order valence-corrected chi connectivity index (χ3v) is 2.04. The van der Waals surface area contributed by atoms with Crippen molar-refractivity contribution in [3.63, 3.8) is 0 Å². The summed E-state index contributed by atoms with van der Waals surface area (Å²) in [4.78, 5) is 10.4. The topological polar surface area (TPSA) is 35.5 Å². The second kappa shape index (κ2) is 10.8. The Balaban J connectivity index is 0. The molecule has 11 heavy (non-hydrogen) atoms. The number of methoxy groups -OCH3 is 1. The van der Waals surface area contributed by atoms with E-state index in [-0.39, 0.29) is 36.6 Å². The summed E-state index contributed by atoms with van der Waals surface area (Å²) in [5, 5.41) is 1.21. The molecule has 0 aliphatic heterocycles. The van der Waals surface area contributed by atoms with Gasteiger partial charge >= 0.3 is 70.3 Å². The van der Waals surface area contributed by atoms with Gasteiger partial charge in [-0.1, -0.05) is 0 Å². The Morgan fingerprint density at radius 2 is 2.18 bits per heavy atom. The van der Waals surface area contributed by atoms with E-state index in [4.69, 9.17) is 4.74 Å². The first-order valence-electron chi connectivity index (χ1n) is 3.25. The number of ether oxygens (including phenoxy) is 2. The number of carbonyl (C=O) groups excluding carboxylic acids is 1. The van der Waals surface area contributed by atoms with Gasteiger partial charge in [-0.2, -0.15) is 0 Å². The zero-order valence-corrected chi connectivity index (χ0v) is 11.8. The zero-order chi connectivity index (χ0) is 7.82. The fourth-order valence-electron chi connectivity index (χ4n) is 0.419. The molecule has 0 N–H and O–H groups in total. The van der Waals surface area contributed by atoms with Crippen molar-refractivity contribution in [3.05, 3.63) is 0 Å². The van der Waals surface area contributed by atoms with Crippen LogP contribution in [0.15, 0.2) is 0 Å². The molecule has 62 valence electrons. The van der Waals surface area contributed by atoms with E-state index in [1.54, 1.807) is 0 Å². The molecule has 0 fully saturated rings. The van der Waals surface area contributed by atoms with E-state index in [0.717, 1.165) is 6.42 Å². The molecule has 0 aliphatic carbocycles. The van der Waals surface area contributed by atoms with Gasteiger partial charge < -0.3 is 24.0 Å². The molecule has 0 aromatic heterocycles. The average Bonchev–Trinajstić information content (AvgIpc) is 1.98. The fourth-order valence-corrected chi connectivity index (χ4v) is 0.847. The number of hydrogen-bond acceptors (Lipinski definition) is 3. The summed E-state index contributed by atoms with van der Waals surface area (Å²) in [6.45, 7) is 0.769. The van der Waals surface area contributed by atoms with E-state index < -0.39 is 0 Å². The van der Waals surface area contributed by atoms with Crippen molar-refractivity contribution in [3.8, 4) is 0 Å². The fraction of sp³-hybridized carbons (Fsp3) is 0.833. The van der Waals surface area contributed by atoms with Crippen LogP contribution in [0, 0.1) is 0 Å². The minimum absolute atomic E-state index is 0. The number of carbonyl (C=O) groups is 1. The van der Waals surface area contributed by atoms with E-state index in [1.165, 1.54) is 30.4 Å². The van der Waals surface area contributed by atoms with Crippen LogP contribution in [0.25, 0.3) is 0 Å². The van der Waals surface area contributed by atoms with E-state index in [9.17, 15) is 4.79 Å². The molecular weight excluding hydrogens is 312 g/mol. The molecule has 0 spiro atoms. The van der Waals surface area contributed by atoms with Gasteiger partial charge in [-0.15, -0.1) is 0 Å². The normalized spacial score (nSPS) is 8.64. The Morgan fingerprint density at radius 1 is 1.55 bits per heavy atom. The molecule has 3 nitrogen and oxygen atoms in total. The second-order valence-electron chi connectivity index (χ2n) is 1.84. The van der Waals surface area contributed by atoms with Crippen LogP contribution in [0.3, 0.4) is 0 Å². The van der Waals surface area contributed by atoms with E-state index in [0.29, 0.717) is 6.61 Å². The van der Waals surface area contributed by atoms with Gasteiger partial charge in [0.25, 0.3) is 0 Å². The van der Waals surface area contributed by atoms with Gasteiger partial charge in [0, 0.05) is 0 Å². The molecule has 0 radical (unpaired) electrons. The maximum atomic E-state index is 10.4. The predicted octanol–water partition coefficient (Wildman–Crippen LogP) is -2.46.